The Morgan fingerprint density at radius 3 is 2.58 bits per heavy atom. The topological polar surface area (TPSA) is 70.7 Å². The van der Waals surface area contributed by atoms with Crippen LogP contribution >= 0.6 is 0 Å². The van der Waals surface area contributed by atoms with Gasteiger partial charge in [-0.25, -0.2) is 13.6 Å². The van der Waals surface area contributed by atoms with Gasteiger partial charge < -0.3 is 20.3 Å². The van der Waals surface area contributed by atoms with E-state index in [4.69, 9.17) is 4.74 Å². The molecular weight excluding hydrogens is 512 g/mol. The third kappa shape index (κ3) is 5.40. The van der Waals surface area contributed by atoms with Crippen molar-refractivity contribution in [2.45, 2.75) is 56.7 Å². The molecule has 2 fully saturated rings. The van der Waals surface area contributed by atoms with Gasteiger partial charge in [0.2, 0.25) is 5.91 Å². The number of nitrogens with one attached hydrogen (secondary N) is 2. The minimum atomic E-state index is -2.69. The number of alkyl halides is 2. The molecule has 0 saturated heterocycles. The second kappa shape index (κ2) is 10.6. The van der Waals surface area contributed by atoms with Gasteiger partial charge in [0.25, 0.3) is 5.92 Å². The van der Waals surface area contributed by atoms with Gasteiger partial charge in [0.15, 0.2) is 0 Å². The number of benzene rings is 3. The molecule has 8 heteroatoms. The number of amides is 3. The van der Waals surface area contributed by atoms with Gasteiger partial charge in [0.1, 0.15) is 5.75 Å². The van der Waals surface area contributed by atoms with E-state index in [0.717, 1.165) is 40.0 Å². The van der Waals surface area contributed by atoms with Crippen molar-refractivity contribution in [3.05, 3.63) is 89.0 Å². The number of hydrogen-bond acceptors (Lipinski definition) is 3. The van der Waals surface area contributed by atoms with Gasteiger partial charge in [-0.2, -0.15) is 0 Å². The molecule has 6 nitrogen and oxygen atoms in total. The lowest BCUT2D eigenvalue weighted by atomic mass is 9.87. The van der Waals surface area contributed by atoms with Crippen LogP contribution in [0.25, 0.3) is 11.1 Å². The highest BCUT2D eigenvalue weighted by Gasteiger charge is 2.46. The molecule has 1 aliphatic heterocycles. The highest BCUT2D eigenvalue weighted by Crippen LogP contribution is 2.47. The third-order valence-electron chi connectivity index (χ3n) is 8.40. The number of urea groups is 1. The van der Waals surface area contributed by atoms with Crippen LogP contribution < -0.4 is 15.4 Å². The van der Waals surface area contributed by atoms with Crippen LogP contribution in [0, 0.1) is 5.92 Å². The SMILES string of the molecule is COc1cccc(-c2ccc(CNC(=O)[C@H]3C[C@@H]3c3ccccc3)c3c2CCN(C(=O)NC2CC(F)(F)C2)C3)c1. The first kappa shape index (κ1) is 26.3. The Morgan fingerprint density at radius 1 is 1.02 bits per heavy atom. The lowest BCUT2D eigenvalue weighted by molar-refractivity contribution is -0.122. The smallest absolute Gasteiger partial charge is 0.317 e. The second-order valence-electron chi connectivity index (χ2n) is 11.1. The zero-order valence-electron chi connectivity index (χ0n) is 22.5. The third-order valence-corrected chi connectivity index (χ3v) is 8.40. The van der Waals surface area contributed by atoms with E-state index < -0.39 is 12.0 Å². The van der Waals surface area contributed by atoms with Gasteiger partial charge in [-0.1, -0.05) is 54.6 Å². The molecule has 2 aliphatic carbocycles. The Kier molecular flexibility index (Phi) is 6.94. The van der Waals surface area contributed by atoms with E-state index in [-0.39, 0.29) is 36.6 Å². The average Bonchev–Trinajstić information content (AvgIpc) is 3.76. The quantitative estimate of drug-likeness (QED) is 0.403. The molecule has 1 heterocycles. The van der Waals surface area contributed by atoms with Crippen LogP contribution in [0.4, 0.5) is 13.6 Å². The van der Waals surface area contributed by atoms with E-state index in [2.05, 4.69) is 28.8 Å². The summed E-state index contributed by atoms with van der Waals surface area (Å²) in [6.45, 7) is 1.20. The number of carbonyl (C=O) groups excluding carboxylic acids is 2. The van der Waals surface area contributed by atoms with Crippen LogP contribution in [-0.2, 0) is 24.3 Å². The first-order chi connectivity index (χ1) is 19.3. The Balaban J connectivity index is 1.21. The lowest BCUT2D eigenvalue weighted by Gasteiger charge is -2.38. The summed E-state index contributed by atoms with van der Waals surface area (Å²) >= 11 is 0. The number of methoxy groups -OCH3 is 1. The molecule has 2 N–H and O–H groups in total. The maximum Gasteiger partial charge on any atom is 0.317 e. The molecule has 0 radical (unpaired) electrons. The predicted octanol–water partition coefficient (Wildman–Crippen LogP) is 5.65. The van der Waals surface area contributed by atoms with Crippen LogP contribution in [0.1, 0.15) is 47.4 Å². The van der Waals surface area contributed by atoms with E-state index in [1.807, 2.05) is 48.5 Å². The standard InChI is InChI=1S/C32H33F2N3O3/c1-40-24-9-5-8-21(14-24)25-11-10-22(18-35-30(38)28-15-27(28)20-6-3-2-4-7-20)29-19-37(13-12-26(25)29)31(39)36-23-16-32(33,34)17-23/h2-11,14,23,27-28H,12-13,15-19H2,1H3,(H,35,38)(H,36,39)/t27-,28+/m1/s1. The molecular formula is C32H33F2N3O3. The summed E-state index contributed by atoms with van der Waals surface area (Å²) in [6, 6.07) is 21.2. The van der Waals surface area contributed by atoms with Gasteiger partial charge >= 0.3 is 6.03 Å². The number of ether oxygens (including phenoxy) is 1. The zero-order chi connectivity index (χ0) is 27.9. The molecule has 0 unspecified atom stereocenters. The Hall–Kier alpha value is -3.94. The van der Waals surface area contributed by atoms with Gasteiger partial charge in [0.05, 0.1) is 7.11 Å². The first-order valence-electron chi connectivity index (χ1n) is 13.9. The fourth-order valence-electron chi connectivity index (χ4n) is 6.04. The van der Waals surface area contributed by atoms with E-state index in [0.29, 0.717) is 26.1 Å². The number of hydrogen-bond donors (Lipinski definition) is 2. The number of rotatable bonds is 7. The van der Waals surface area contributed by atoms with Crippen molar-refractivity contribution >= 4 is 11.9 Å². The second-order valence-corrected chi connectivity index (χ2v) is 11.1. The summed E-state index contributed by atoms with van der Waals surface area (Å²) in [4.78, 5) is 27.7. The fraction of sp³-hybridized carbons (Fsp3) is 0.375. The zero-order valence-corrected chi connectivity index (χ0v) is 22.5. The number of carbonyl (C=O) groups is 2. The van der Waals surface area contributed by atoms with Crippen LogP contribution in [0.2, 0.25) is 0 Å². The predicted molar refractivity (Wildman–Crippen MR) is 148 cm³/mol. The van der Waals surface area contributed by atoms with Crippen LogP contribution in [0.3, 0.4) is 0 Å². The largest absolute Gasteiger partial charge is 0.497 e. The maximum atomic E-state index is 13.3. The molecule has 3 amide bonds. The monoisotopic (exact) mass is 545 g/mol. The first-order valence-corrected chi connectivity index (χ1v) is 13.9. The Morgan fingerprint density at radius 2 is 1.82 bits per heavy atom. The summed E-state index contributed by atoms with van der Waals surface area (Å²) in [6.07, 6.45) is 0.838. The Labute approximate surface area is 232 Å². The molecule has 3 aromatic rings. The van der Waals surface area contributed by atoms with E-state index in [1.54, 1.807) is 12.0 Å². The summed E-state index contributed by atoms with van der Waals surface area (Å²) < 4.78 is 32.1. The Bertz CT molecular complexity index is 1420. The van der Waals surface area contributed by atoms with E-state index in [1.165, 1.54) is 5.56 Å². The summed E-state index contributed by atoms with van der Waals surface area (Å²) in [5, 5.41) is 5.90. The molecule has 2 atom stereocenters. The summed E-state index contributed by atoms with van der Waals surface area (Å²) in [5.74, 6) is -1.67. The van der Waals surface area contributed by atoms with Crippen molar-refractivity contribution in [2.24, 2.45) is 5.92 Å². The van der Waals surface area contributed by atoms with Gasteiger partial charge in [-0.05, 0) is 64.3 Å². The summed E-state index contributed by atoms with van der Waals surface area (Å²) in [5.41, 5.74) is 6.36. The van der Waals surface area contributed by atoms with Gasteiger partial charge in [-0.3, -0.25) is 4.79 Å². The van der Waals surface area contributed by atoms with Crippen LogP contribution in [0.5, 0.6) is 5.75 Å². The maximum absolute atomic E-state index is 13.3. The van der Waals surface area contributed by atoms with Gasteiger partial charge in [-0.15, -0.1) is 0 Å². The molecule has 3 aromatic carbocycles. The normalized spacial score (nSPS) is 21.1. The molecule has 3 aliphatic rings. The number of fused-ring (bicyclic) bond motifs is 1. The minimum Gasteiger partial charge on any atom is -0.497 e. The van der Waals surface area contributed by atoms with Crippen molar-refractivity contribution in [3.8, 4) is 16.9 Å². The summed E-state index contributed by atoms with van der Waals surface area (Å²) in [7, 11) is 1.64. The molecule has 6 rings (SSSR count). The van der Waals surface area contributed by atoms with Crippen LogP contribution in [0.15, 0.2) is 66.7 Å². The molecule has 0 aromatic heterocycles. The van der Waals surface area contributed by atoms with Gasteiger partial charge in [0, 0.05) is 44.4 Å². The number of nitrogens with zero attached hydrogens (tertiary/aromatic N) is 1. The number of halogens is 2. The fourth-order valence-corrected chi connectivity index (χ4v) is 6.04. The van der Waals surface area contributed by atoms with Crippen LogP contribution in [-0.4, -0.2) is 42.5 Å². The highest BCUT2D eigenvalue weighted by atomic mass is 19.3. The molecule has 208 valence electrons. The molecule has 2 saturated carbocycles. The van der Waals surface area contributed by atoms with Crippen molar-refractivity contribution in [2.75, 3.05) is 13.7 Å². The molecule has 0 spiro atoms. The lowest BCUT2D eigenvalue weighted by Crippen LogP contribution is -2.54. The van der Waals surface area contributed by atoms with E-state index >= 15 is 0 Å². The molecule has 0 bridgehead atoms. The van der Waals surface area contributed by atoms with Crippen molar-refractivity contribution in [1.82, 2.24) is 15.5 Å². The van der Waals surface area contributed by atoms with Crippen molar-refractivity contribution < 1.29 is 23.1 Å². The van der Waals surface area contributed by atoms with Crippen molar-refractivity contribution in [1.29, 1.82) is 0 Å². The van der Waals surface area contributed by atoms with E-state index in [9.17, 15) is 18.4 Å². The minimum absolute atomic E-state index is 0.0304. The van der Waals surface area contributed by atoms with Crippen molar-refractivity contribution in [3.63, 3.8) is 0 Å². The molecule has 40 heavy (non-hydrogen) atoms. The highest BCUT2D eigenvalue weighted by molar-refractivity contribution is 5.83. The average molecular weight is 546 g/mol.